The van der Waals surface area contributed by atoms with Gasteiger partial charge in [0.15, 0.2) is 0 Å². The molecule has 31 heavy (non-hydrogen) atoms. The summed E-state index contributed by atoms with van der Waals surface area (Å²) in [5.74, 6) is -0.148. The molecule has 0 fully saturated rings. The van der Waals surface area contributed by atoms with Gasteiger partial charge in [-0.05, 0) is 28.3 Å². The fourth-order valence-electron chi connectivity index (χ4n) is 3.89. The molecule has 0 amide bonds. The second kappa shape index (κ2) is 9.14. The summed E-state index contributed by atoms with van der Waals surface area (Å²) < 4.78 is 0. The lowest BCUT2D eigenvalue weighted by atomic mass is 9.84. The third kappa shape index (κ3) is 4.23. The van der Waals surface area contributed by atoms with E-state index in [1.165, 1.54) is 6.07 Å². The first kappa shape index (κ1) is 20.8. The highest BCUT2D eigenvalue weighted by atomic mass is 16.3. The van der Waals surface area contributed by atoms with Gasteiger partial charge in [-0.1, -0.05) is 97.1 Å². The van der Waals surface area contributed by atoms with Crippen LogP contribution in [0.25, 0.3) is 0 Å². The van der Waals surface area contributed by atoms with E-state index in [1.54, 1.807) is 54.6 Å². The first-order valence-corrected chi connectivity index (χ1v) is 10.1. The first-order chi connectivity index (χ1) is 15.1. The molecular weight excluding hydrogens is 388 g/mol. The Balaban J connectivity index is 1.93. The summed E-state index contributed by atoms with van der Waals surface area (Å²) in [6.45, 7) is 0. The number of aromatic hydroxyl groups is 1. The SMILES string of the molecule is Oc1ccc(C(O)c2ccccc2)c(C(O)c2ccccc2)c1C(O)c1ccccc1. The van der Waals surface area contributed by atoms with E-state index >= 15 is 0 Å². The second-order valence-electron chi connectivity index (χ2n) is 7.44. The summed E-state index contributed by atoms with van der Waals surface area (Å²) >= 11 is 0. The number of aliphatic hydroxyl groups is 3. The van der Waals surface area contributed by atoms with Crippen molar-refractivity contribution in [2.75, 3.05) is 0 Å². The molecule has 0 heterocycles. The van der Waals surface area contributed by atoms with Crippen LogP contribution in [-0.4, -0.2) is 20.4 Å². The molecule has 0 spiro atoms. The molecule has 156 valence electrons. The predicted octanol–water partition coefficient (Wildman–Crippen LogP) is 4.64. The highest BCUT2D eigenvalue weighted by Crippen LogP contribution is 2.42. The molecule has 4 nitrogen and oxygen atoms in total. The quantitative estimate of drug-likeness (QED) is 0.372. The van der Waals surface area contributed by atoms with E-state index in [2.05, 4.69) is 0 Å². The van der Waals surface area contributed by atoms with Crippen LogP contribution >= 0.6 is 0 Å². The molecular formula is C27H24O4. The molecule has 0 aliphatic heterocycles. The lowest BCUT2D eigenvalue weighted by molar-refractivity contribution is 0.181. The van der Waals surface area contributed by atoms with Crippen molar-refractivity contribution in [1.29, 1.82) is 0 Å². The maximum absolute atomic E-state index is 11.3. The Morgan fingerprint density at radius 3 is 1.26 bits per heavy atom. The second-order valence-corrected chi connectivity index (χ2v) is 7.44. The number of hydrogen-bond donors (Lipinski definition) is 4. The molecule has 0 aliphatic carbocycles. The summed E-state index contributed by atoms with van der Waals surface area (Å²) in [6.07, 6.45) is -3.38. The predicted molar refractivity (Wildman–Crippen MR) is 120 cm³/mol. The highest BCUT2D eigenvalue weighted by Gasteiger charge is 2.29. The van der Waals surface area contributed by atoms with E-state index in [-0.39, 0.29) is 11.3 Å². The molecule has 0 radical (unpaired) electrons. The van der Waals surface area contributed by atoms with E-state index in [0.29, 0.717) is 27.8 Å². The summed E-state index contributed by atoms with van der Waals surface area (Å²) in [6, 6.07) is 30.1. The average Bonchev–Trinajstić information content (AvgIpc) is 2.84. The Kier molecular flexibility index (Phi) is 6.14. The fraction of sp³-hybridized carbons (Fsp3) is 0.111. The van der Waals surface area contributed by atoms with Gasteiger partial charge in [0, 0.05) is 11.1 Å². The zero-order valence-electron chi connectivity index (χ0n) is 16.8. The van der Waals surface area contributed by atoms with E-state index in [9.17, 15) is 20.4 Å². The summed E-state index contributed by atoms with van der Waals surface area (Å²) in [5.41, 5.74) is 2.70. The number of aliphatic hydroxyl groups excluding tert-OH is 3. The van der Waals surface area contributed by atoms with Crippen molar-refractivity contribution in [2.24, 2.45) is 0 Å². The van der Waals surface area contributed by atoms with E-state index < -0.39 is 18.3 Å². The van der Waals surface area contributed by atoms with Gasteiger partial charge in [0.2, 0.25) is 0 Å². The maximum Gasteiger partial charge on any atom is 0.122 e. The molecule has 0 aromatic heterocycles. The Bertz CT molecular complexity index is 1130. The van der Waals surface area contributed by atoms with Gasteiger partial charge in [0.1, 0.15) is 24.1 Å². The Labute approximate surface area is 181 Å². The van der Waals surface area contributed by atoms with Crippen LogP contribution in [0.2, 0.25) is 0 Å². The van der Waals surface area contributed by atoms with Crippen LogP contribution < -0.4 is 0 Å². The summed E-state index contributed by atoms with van der Waals surface area (Å²) in [4.78, 5) is 0. The first-order valence-electron chi connectivity index (χ1n) is 10.1. The Morgan fingerprint density at radius 1 is 0.419 bits per heavy atom. The molecule has 0 saturated heterocycles. The van der Waals surface area contributed by atoms with E-state index in [1.807, 2.05) is 42.5 Å². The van der Waals surface area contributed by atoms with Gasteiger partial charge >= 0.3 is 0 Å². The molecule has 3 atom stereocenters. The molecule has 0 bridgehead atoms. The van der Waals surface area contributed by atoms with Gasteiger partial charge in [-0.3, -0.25) is 0 Å². The van der Waals surface area contributed by atoms with Crippen molar-refractivity contribution in [2.45, 2.75) is 18.3 Å². The Hall–Kier alpha value is -3.44. The van der Waals surface area contributed by atoms with Crippen LogP contribution in [0.15, 0.2) is 103 Å². The van der Waals surface area contributed by atoms with Gasteiger partial charge in [-0.2, -0.15) is 0 Å². The van der Waals surface area contributed by atoms with Crippen molar-refractivity contribution in [1.82, 2.24) is 0 Å². The third-order valence-corrected chi connectivity index (χ3v) is 5.49. The lowest BCUT2D eigenvalue weighted by Gasteiger charge is -2.26. The van der Waals surface area contributed by atoms with Crippen molar-refractivity contribution < 1.29 is 20.4 Å². The van der Waals surface area contributed by atoms with Crippen molar-refractivity contribution in [3.8, 4) is 5.75 Å². The number of phenols is 1. The number of phenolic OH excluding ortho intramolecular Hbond substituents is 1. The zero-order valence-corrected chi connectivity index (χ0v) is 16.8. The normalized spacial score (nSPS) is 14.0. The van der Waals surface area contributed by atoms with Gasteiger partial charge < -0.3 is 20.4 Å². The van der Waals surface area contributed by atoms with Crippen LogP contribution in [0.4, 0.5) is 0 Å². The summed E-state index contributed by atoms with van der Waals surface area (Å²) in [7, 11) is 0. The van der Waals surface area contributed by atoms with Gasteiger partial charge in [-0.15, -0.1) is 0 Å². The van der Waals surface area contributed by atoms with Gasteiger partial charge in [0.05, 0.1) is 0 Å². The fourth-order valence-corrected chi connectivity index (χ4v) is 3.89. The van der Waals surface area contributed by atoms with Crippen molar-refractivity contribution >= 4 is 0 Å². The van der Waals surface area contributed by atoms with E-state index in [4.69, 9.17) is 0 Å². The number of benzene rings is 4. The topological polar surface area (TPSA) is 80.9 Å². The average molecular weight is 412 g/mol. The summed E-state index contributed by atoms with van der Waals surface area (Å²) in [5, 5.41) is 44.4. The molecule has 4 aromatic carbocycles. The molecule has 4 rings (SSSR count). The van der Waals surface area contributed by atoms with Crippen LogP contribution in [0.1, 0.15) is 51.7 Å². The zero-order chi connectivity index (χ0) is 21.8. The lowest BCUT2D eigenvalue weighted by Crippen LogP contribution is -2.15. The largest absolute Gasteiger partial charge is 0.508 e. The van der Waals surface area contributed by atoms with Crippen LogP contribution in [-0.2, 0) is 0 Å². The van der Waals surface area contributed by atoms with Gasteiger partial charge in [-0.25, -0.2) is 0 Å². The van der Waals surface area contributed by atoms with Crippen molar-refractivity contribution in [3.63, 3.8) is 0 Å². The minimum Gasteiger partial charge on any atom is -0.508 e. The number of hydrogen-bond acceptors (Lipinski definition) is 4. The van der Waals surface area contributed by atoms with Crippen molar-refractivity contribution in [3.05, 3.63) is 137 Å². The Morgan fingerprint density at radius 2 is 0.806 bits per heavy atom. The van der Waals surface area contributed by atoms with Gasteiger partial charge in [0.25, 0.3) is 0 Å². The molecule has 4 heteroatoms. The molecule has 4 aromatic rings. The smallest absolute Gasteiger partial charge is 0.122 e. The monoisotopic (exact) mass is 412 g/mol. The highest BCUT2D eigenvalue weighted by molar-refractivity contribution is 5.54. The number of rotatable bonds is 6. The minimum atomic E-state index is -1.18. The molecule has 4 N–H and O–H groups in total. The van der Waals surface area contributed by atoms with Crippen LogP contribution in [0.3, 0.4) is 0 Å². The standard InChI is InChI=1S/C27H24O4/c28-22-17-16-21(25(29)18-10-4-1-5-11-18)23(26(30)19-12-6-2-7-13-19)24(22)27(31)20-14-8-3-9-15-20/h1-17,25-31H. The van der Waals surface area contributed by atoms with Crippen LogP contribution in [0.5, 0.6) is 5.75 Å². The third-order valence-electron chi connectivity index (χ3n) is 5.49. The maximum atomic E-state index is 11.3. The van der Waals surface area contributed by atoms with Crippen LogP contribution in [0, 0.1) is 0 Å². The minimum absolute atomic E-state index is 0.148. The van der Waals surface area contributed by atoms with E-state index in [0.717, 1.165) is 0 Å². The molecule has 0 aliphatic rings. The molecule has 3 unspecified atom stereocenters. The molecule has 0 saturated carbocycles.